The number of aliphatic hydroxyl groups is 1. The molecule has 3 atom stereocenters. The van der Waals surface area contributed by atoms with Crippen molar-refractivity contribution in [2.24, 2.45) is 5.41 Å². The molecule has 2 aromatic heterocycles. The molecule has 3 heterocycles. The molecule has 3 amide bonds. The van der Waals surface area contributed by atoms with Crippen molar-refractivity contribution in [2.45, 2.75) is 65.5 Å². The van der Waals surface area contributed by atoms with E-state index in [0.29, 0.717) is 60.0 Å². The third kappa shape index (κ3) is 15.1. The van der Waals surface area contributed by atoms with E-state index in [0.717, 1.165) is 43.7 Å². The highest BCUT2D eigenvalue weighted by Crippen LogP contribution is 2.34. The number of carbonyl (C=O) groups is 3. The number of likely N-dealkylation sites (tertiary alicyclic amines) is 1. The number of anilines is 2. The smallest absolute Gasteiger partial charge is 0.246 e. The van der Waals surface area contributed by atoms with Crippen LogP contribution in [0.4, 0.5) is 15.9 Å². The number of β-amino-alcohol motifs (C(OH)–C–C–N with tert-alkyl or cyclic N) is 1. The highest BCUT2D eigenvalue weighted by Gasteiger charge is 2.44. The summed E-state index contributed by atoms with van der Waals surface area (Å²) < 4.78 is 42.2. The van der Waals surface area contributed by atoms with E-state index in [-0.39, 0.29) is 57.7 Å². The molecule has 7 aromatic rings. The van der Waals surface area contributed by atoms with Crippen LogP contribution in [0.15, 0.2) is 121 Å². The van der Waals surface area contributed by atoms with Gasteiger partial charge in [-0.15, -0.1) is 11.3 Å². The first-order valence-electron chi connectivity index (χ1n) is 24.9. The normalized spacial score (nSPS) is 14.9. The molecule has 0 radical (unpaired) electrons. The Kier molecular flexibility index (Phi) is 19.0. The molecular formula is C57H61ClFN7O9S. The number of amides is 3. The number of aryl methyl sites for hydroxylation is 1. The van der Waals surface area contributed by atoms with Crippen LogP contribution >= 0.6 is 22.9 Å². The van der Waals surface area contributed by atoms with E-state index in [1.807, 2.05) is 106 Å². The van der Waals surface area contributed by atoms with Gasteiger partial charge in [0.15, 0.2) is 0 Å². The second kappa shape index (κ2) is 26.1. The van der Waals surface area contributed by atoms with Crippen LogP contribution in [0.5, 0.6) is 11.5 Å². The van der Waals surface area contributed by atoms with Crippen molar-refractivity contribution in [3.05, 3.63) is 149 Å². The Morgan fingerprint density at radius 1 is 0.816 bits per heavy atom. The molecule has 0 unspecified atom stereocenters. The summed E-state index contributed by atoms with van der Waals surface area (Å²) in [7, 11) is 0. The number of ether oxygens (including phenoxy) is 5. The molecular weight excluding hydrogens is 1010 g/mol. The third-order valence-electron chi connectivity index (χ3n) is 12.5. The summed E-state index contributed by atoms with van der Waals surface area (Å²) in [5, 5.41) is 20.8. The van der Waals surface area contributed by atoms with Crippen molar-refractivity contribution in [1.82, 2.24) is 30.5 Å². The molecule has 0 aliphatic carbocycles. The average molecular weight is 1070 g/mol. The number of nitrogens with zero attached hydrogens (tertiary/aromatic N) is 4. The molecule has 8 rings (SSSR count). The van der Waals surface area contributed by atoms with Gasteiger partial charge in [0, 0.05) is 30.6 Å². The standard InChI is InChI=1S/C57H61ClFN7O9S/c1-36-52(76-35-63-36)40-10-8-37(9-11-40)30-60-55(69)49-29-44(67)31-66(49)56(70)53(57(2,3)4)65-51(68)33-73-23-22-71-20-21-72-24-25-74-45-16-12-39(13-17-45)41-14-18-48-46(27-41)54(62-34-61-48)64-43-15-19-50(47(58)28-43)75-32-38-6-5-7-42(59)26-38/h5-19,26-28,34-35,44,49,53,67H,20-25,29-33H2,1-4H3,(H,60,69)(H,65,68)(H,61,62,64)/t44-,49-,53+/m0/s1. The molecule has 76 heavy (non-hydrogen) atoms. The van der Waals surface area contributed by atoms with Crippen molar-refractivity contribution in [3.63, 3.8) is 0 Å². The van der Waals surface area contributed by atoms with E-state index in [1.54, 1.807) is 35.6 Å². The first-order valence-corrected chi connectivity index (χ1v) is 26.1. The van der Waals surface area contributed by atoms with Gasteiger partial charge in [-0.2, -0.15) is 0 Å². The van der Waals surface area contributed by atoms with Crippen molar-refractivity contribution < 1.29 is 47.6 Å². The topological polar surface area (TPSA) is 196 Å². The Morgan fingerprint density at radius 3 is 2.25 bits per heavy atom. The third-order valence-corrected chi connectivity index (χ3v) is 13.8. The van der Waals surface area contributed by atoms with Gasteiger partial charge in [-0.1, -0.05) is 87.0 Å². The second-order valence-corrected chi connectivity index (χ2v) is 20.5. The predicted octanol–water partition coefficient (Wildman–Crippen LogP) is 9.08. The fourth-order valence-corrected chi connectivity index (χ4v) is 9.55. The summed E-state index contributed by atoms with van der Waals surface area (Å²) in [4.78, 5) is 56.2. The van der Waals surface area contributed by atoms with Gasteiger partial charge in [0.05, 0.1) is 65.8 Å². The first kappa shape index (κ1) is 55.2. The molecule has 5 aromatic carbocycles. The molecule has 1 fully saturated rings. The van der Waals surface area contributed by atoms with E-state index < -0.39 is 35.4 Å². The van der Waals surface area contributed by atoms with Gasteiger partial charge in [-0.25, -0.2) is 19.3 Å². The highest BCUT2D eigenvalue weighted by atomic mass is 35.5. The maximum atomic E-state index is 14.0. The van der Waals surface area contributed by atoms with Gasteiger partial charge in [0.1, 0.15) is 61.4 Å². The molecule has 1 aliphatic heterocycles. The number of carbonyl (C=O) groups excluding carboxylic acids is 3. The quantitative estimate of drug-likeness (QED) is 0.0419. The summed E-state index contributed by atoms with van der Waals surface area (Å²) in [5.41, 5.74) is 8.09. The van der Waals surface area contributed by atoms with Crippen molar-refractivity contribution >= 4 is 63.1 Å². The van der Waals surface area contributed by atoms with Gasteiger partial charge >= 0.3 is 0 Å². The molecule has 0 spiro atoms. The number of hydrogen-bond acceptors (Lipinski definition) is 14. The largest absolute Gasteiger partial charge is 0.491 e. The molecule has 0 bridgehead atoms. The summed E-state index contributed by atoms with van der Waals surface area (Å²) in [6.45, 7) is 9.22. The van der Waals surface area contributed by atoms with Crippen molar-refractivity contribution in [1.29, 1.82) is 0 Å². The van der Waals surface area contributed by atoms with Crippen LogP contribution in [0.25, 0.3) is 32.5 Å². The summed E-state index contributed by atoms with van der Waals surface area (Å²) in [6, 6.07) is 31.3. The summed E-state index contributed by atoms with van der Waals surface area (Å²) in [6.07, 6.45) is 0.710. The van der Waals surface area contributed by atoms with Crippen LogP contribution in [0.2, 0.25) is 5.02 Å². The van der Waals surface area contributed by atoms with E-state index >= 15 is 0 Å². The lowest BCUT2D eigenvalue weighted by molar-refractivity contribution is -0.144. The zero-order valence-corrected chi connectivity index (χ0v) is 44.3. The minimum Gasteiger partial charge on any atom is -0.491 e. The van der Waals surface area contributed by atoms with E-state index in [9.17, 15) is 23.9 Å². The second-order valence-electron chi connectivity index (χ2n) is 19.2. The Morgan fingerprint density at radius 2 is 1.54 bits per heavy atom. The Bertz CT molecular complexity index is 3090. The van der Waals surface area contributed by atoms with Crippen molar-refractivity contribution in [2.75, 3.05) is 58.1 Å². The van der Waals surface area contributed by atoms with Crippen molar-refractivity contribution in [3.8, 4) is 33.1 Å². The Balaban J connectivity index is 0.705. The molecule has 0 saturated carbocycles. The lowest BCUT2D eigenvalue weighted by atomic mass is 9.85. The highest BCUT2D eigenvalue weighted by molar-refractivity contribution is 7.13. The molecule has 1 aliphatic rings. The zero-order valence-electron chi connectivity index (χ0n) is 42.7. The predicted molar refractivity (Wildman–Crippen MR) is 290 cm³/mol. The SMILES string of the molecule is Cc1ncsc1-c1ccc(CNC(=O)[C@@H]2C[C@H](O)CN2C(=O)[C@@H](NC(=O)COCCOCCOCCOc2ccc(-c3ccc4ncnc(Nc5ccc(OCc6cccc(F)c6)c(Cl)c5)c4c3)cc2)C(C)(C)C)cc1. The van der Waals surface area contributed by atoms with Gasteiger partial charge in [-0.05, 0) is 94.8 Å². The number of benzene rings is 5. The maximum Gasteiger partial charge on any atom is 0.246 e. The lowest BCUT2D eigenvalue weighted by Crippen LogP contribution is -2.58. The zero-order chi connectivity index (χ0) is 53.6. The number of thiazole rings is 1. The number of aliphatic hydroxyl groups excluding tert-OH is 1. The average Bonchev–Trinajstić information content (AvgIpc) is 4.03. The van der Waals surface area contributed by atoms with Gasteiger partial charge < -0.3 is 49.6 Å². The maximum absolute atomic E-state index is 14.0. The monoisotopic (exact) mass is 1070 g/mol. The number of rotatable bonds is 24. The number of halogens is 2. The van der Waals surface area contributed by atoms with Crippen LogP contribution in [-0.2, 0) is 41.7 Å². The van der Waals surface area contributed by atoms with E-state index in [2.05, 4.69) is 30.9 Å². The number of aromatic nitrogens is 3. The molecule has 1 saturated heterocycles. The Hall–Kier alpha value is -7.06. The van der Waals surface area contributed by atoms with Crippen LogP contribution in [0.3, 0.4) is 0 Å². The fourth-order valence-electron chi connectivity index (χ4n) is 8.51. The number of fused-ring (bicyclic) bond motifs is 1. The first-order chi connectivity index (χ1) is 36.7. The van der Waals surface area contributed by atoms with Gasteiger partial charge in [0.2, 0.25) is 17.7 Å². The number of hydrogen-bond donors (Lipinski definition) is 4. The van der Waals surface area contributed by atoms with Crippen LogP contribution in [-0.4, -0.2) is 114 Å². The summed E-state index contributed by atoms with van der Waals surface area (Å²) in [5.74, 6) is 0.116. The minimum atomic E-state index is -0.976. The number of nitrogens with one attached hydrogen (secondary N) is 3. The molecule has 16 nitrogen and oxygen atoms in total. The van der Waals surface area contributed by atoms with Crippen LogP contribution in [0, 0.1) is 18.2 Å². The van der Waals surface area contributed by atoms with Gasteiger partial charge in [-0.3, -0.25) is 14.4 Å². The van der Waals surface area contributed by atoms with Gasteiger partial charge in [0.25, 0.3) is 0 Å². The van der Waals surface area contributed by atoms with E-state index in [1.165, 1.54) is 23.4 Å². The summed E-state index contributed by atoms with van der Waals surface area (Å²) >= 11 is 8.13. The lowest BCUT2D eigenvalue weighted by Gasteiger charge is -2.35. The fraction of sp³-hybridized carbons (Fsp3) is 0.333. The molecule has 398 valence electrons. The Labute approximate surface area is 449 Å². The molecule has 19 heteroatoms. The van der Waals surface area contributed by atoms with Crippen LogP contribution in [0.1, 0.15) is 44.0 Å². The van der Waals surface area contributed by atoms with Crippen LogP contribution < -0.4 is 25.4 Å². The van der Waals surface area contributed by atoms with E-state index in [4.69, 9.17) is 35.3 Å². The minimum absolute atomic E-state index is 0.0243. The molecule has 4 N–H and O–H groups in total.